The van der Waals surface area contributed by atoms with Crippen LogP contribution in [0.15, 0.2) is 22.7 Å². The molecule has 0 fully saturated rings. The summed E-state index contributed by atoms with van der Waals surface area (Å²) in [5.41, 5.74) is 0.103. The predicted octanol–water partition coefficient (Wildman–Crippen LogP) is 1.39. The highest BCUT2D eigenvalue weighted by molar-refractivity contribution is 9.10. The largest absolute Gasteiger partial charge is 0.452 e. The molecule has 1 rings (SSSR count). The van der Waals surface area contributed by atoms with Crippen LogP contribution in [-0.2, 0) is 14.3 Å². The number of amides is 2. The maximum Gasteiger partial charge on any atom is 0.339 e. The molecule has 0 bridgehead atoms. The third-order valence-corrected chi connectivity index (χ3v) is 3.04. The van der Waals surface area contributed by atoms with E-state index in [1.165, 1.54) is 6.07 Å². The first-order valence-corrected chi connectivity index (χ1v) is 7.27. The molecule has 0 heterocycles. The van der Waals surface area contributed by atoms with Gasteiger partial charge in [-0.05, 0) is 48.0 Å². The lowest BCUT2D eigenvalue weighted by Crippen LogP contribution is -2.41. The molecule has 0 saturated carbocycles. The molecular formula is C14H16BrFN2O4. The number of nitrogens with one attached hydrogen (secondary N) is 2. The molecule has 0 unspecified atom stereocenters. The van der Waals surface area contributed by atoms with Crippen molar-refractivity contribution in [3.63, 3.8) is 0 Å². The summed E-state index contributed by atoms with van der Waals surface area (Å²) < 4.78 is 17.9. The quantitative estimate of drug-likeness (QED) is 0.736. The van der Waals surface area contributed by atoms with Crippen LogP contribution in [0, 0.1) is 5.82 Å². The van der Waals surface area contributed by atoms with Crippen molar-refractivity contribution < 1.29 is 23.5 Å². The number of ether oxygens (including phenoxy) is 1. The molecule has 1 aromatic rings. The lowest BCUT2D eigenvalue weighted by molar-refractivity contribution is -0.128. The molecule has 0 saturated heterocycles. The summed E-state index contributed by atoms with van der Waals surface area (Å²) in [6, 6.07) is 3.44. The van der Waals surface area contributed by atoms with E-state index in [0.29, 0.717) is 0 Å². The average Bonchev–Trinajstić information content (AvgIpc) is 2.41. The summed E-state index contributed by atoms with van der Waals surface area (Å²) in [6.45, 7) is 2.86. The highest BCUT2D eigenvalue weighted by Crippen LogP contribution is 2.18. The zero-order chi connectivity index (χ0) is 16.7. The number of hydrogen-bond donors (Lipinski definition) is 2. The van der Waals surface area contributed by atoms with E-state index in [1.54, 1.807) is 13.8 Å². The highest BCUT2D eigenvalue weighted by atomic mass is 79.9. The Morgan fingerprint density at radius 2 is 1.95 bits per heavy atom. The Hall–Kier alpha value is -1.96. The second-order valence-corrected chi connectivity index (χ2v) is 5.55. The molecule has 0 radical (unpaired) electrons. The second-order valence-electron chi connectivity index (χ2n) is 4.70. The van der Waals surface area contributed by atoms with Gasteiger partial charge in [0.25, 0.3) is 5.91 Å². The van der Waals surface area contributed by atoms with Crippen LogP contribution in [0.1, 0.15) is 24.2 Å². The number of halogens is 2. The third-order valence-electron chi connectivity index (χ3n) is 2.38. The second kappa shape index (κ2) is 8.47. The number of carbonyl (C=O) groups is 3. The van der Waals surface area contributed by atoms with Gasteiger partial charge in [-0.1, -0.05) is 0 Å². The van der Waals surface area contributed by atoms with Gasteiger partial charge in [0.2, 0.25) is 5.91 Å². The van der Waals surface area contributed by atoms with Crippen LogP contribution in [-0.4, -0.2) is 37.0 Å². The minimum atomic E-state index is -0.770. The van der Waals surface area contributed by atoms with Crippen LogP contribution < -0.4 is 10.6 Å². The van der Waals surface area contributed by atoms with E-state index in [2.05, 4.69) is 26.6 Å². The molecule has 0 aliphatic rings. The van der Waals surface area contributed by atoms with Gasteiger partial charge in [0.05, 0.1) is 12.1 Å². The van der Waals surface area contributed by atoms with Crippen molar-refractivity contribution in [2.75, 3.05) is 13.2 Å². The zero-order valence-corrected chi connectivity index (χ0v) is 13.7. The average molecular weight is 375 g/mol. The topological polar surface area (TPSA) is 84.5 Å². The summed E-state index contributed by atoms with van der Waals surface area (Å²) in [7, 11) is 0. The molecule has 0 aliphatic heterocycles. The molecule has 0 atom stereocenters. The molecule has 0 spiro atoms. The van der Waals surface area contributed by atoms with Crippen molar-refractivity contribution in [2.24, 2.45) is 0 Å². The van der Waals surface area contributed by atoms with Crippen LogP contribution >= 0.6 is 15.9 Å². The lowest BCUT2D eigenvalue weighted by atomic mass is 10.2. The summed E-state index contributed by atoms with van der Waals surface area (Å²) >= 11 is 3.03. The van der Waals surface area contributed by atoms with Crippen LogP contribution in [0.2, 0.25) is 0 Å². The van der Waals surface area contributed by atoms with Gasteiger partial charge in [-0.15, -0.1) is 0 Å². The fourth-order valence-electron chi connectivity index (χ4n) is 1.47. The van der Waals surface area contributed by atoms with Crippen molar-refractivity contribution in [3.8, 4) is 0 Å². The number of benzene rings is 1. The van der Waals surface area contributed by atoms with Crippen molar-refractivity contribution in [3.05, 3.63) is 34.1 Å². The molecule has 0 aromatic heterocycles. The van der Waals surface area contributed by atoms with E-state index in [0.717, 1.165) is 12.1 Å². The van der Waals surface area contributed by atoms with Gasteiger partial charge in [-0.25, -0.2) is 9.18 Å². The van der Waals surface area contributed by atoms with E-state index in [1.807, 2.05) is 0 Å². The molecule has 2 amide bonds. The molecule has 2 N–H and O–H groups in total. The third kappa shape index (κ3) is 6.21. The van der Waals surface area contributed by atoms with Gasteiger partial charge in [-0.2, -0.15) is 0 Å². The first-order valence-electron chi connectivity index (χ1n) is 6.48. The predicted molar refractivity (Wildman–Crippen MR) is 80.7 cm³/mol. The van der Waals surface area contributed by atoms with E-state index in [4.69, 9.17) is 4.74 Å². The molecule has 22 heavy (non-hydrogen) atoms. The number of hydrogen-bond acceptors (Lipinski definition) is 4. The Bertz CT molecular complexity index is 578. The molecule has 6 nitrogen and oxygen atoms in total. The lowest BCUT2D eigenvalue weighted by Gasteiger charge is -2.10. The normalized spacial score (nSPS) is 10.2. The summed E-state index contributed by atoms with van der Waals surface area (Å²) in [5.74, 6) is -2.22. The van der Waals surface area contributed by atoms with E-state index >= 15 is 0 Å². The number of carbonyl (C=O) groups excluding carboxylic acids is 3. The monoisotopic (exact) mass is 374 g/mol. The maximum absolute atomic E-state index is 12.9. The summed E-state index contributed by atoms with van der Waals surface area (Å²) in [4.78, 5) is 34.5. The zero-order valence-electron chi connectivity index (χ0n) is 12.1. The Balaban J connectivity index is 2.40. The molecule has 8 heteroatoms. The van der Waals surface area contributed by atoms with Gasteiger partial charge < -0.3 is 15.4 Å². The minimum Gasteiger partial charge on any atom is -0.452 e. The van der Waals surface area contributed by atoms with Gasteiger partial charge >= 0.3 is 5.97 Å². The van der Waals surface area contributed by atoms with Gasteiger partial charge in [-0.3, -0.25) is 9.59 Å². The Morgan fingerprint density at radius 1 is 1.27 bits per heavy atom. The number of rotatable bonds is 6. The summed E-state index contributed by atoms with van der Waals surface area (Å²) in [6.07, 6.45) is 0. The fourth-order valence-corrected chi connectivity index (χ4v) is 1.98. The number of esters is 1. The standard InChI is InChI=1S/C14H16BrFN2O4/c1-8(2)18-12(19)6-17-13(20)7-22-14(21)10-4-3-9(16)5-11(10)15/h3-5,8H,6-7H2,1-2H3,(H,17,20)(H,18,19). The first kappa shape index (κ1) is 18.1. The molecular weight excluding hydrogens is 359 g/mol. The Kier molecular flexibility index (Phi) is 6.97. The summed E-state index contributed by atoms with van der Waals surface area (Å²) in [5, 5.41) is 4.92. The van der Waals surface area contributed by atoms with Crippen molar-refractivity contribution in [2.45, 2.75) is 19.9 Å². The van der Waals surface area contributed by atoms with Gasteiger partial charge in [0.1, 0.15) is 5.82 Å². The Morgan fingerprint density at radius 3 is 2.55 bits per heavy atom. The Labute approximate surface area is 135 Å². The molecule has 120 valence electrons. The SMILES string of the molecule is CC(C)NC(=O)CNC(=O)COC(=O)c1ccc(F)cc1Br. The van der Waals surface area contributed by atoms with Gasteiger partial charge in [0, 0.05) is 10.5 Å². The van der Waals surface area contributed by atoms with Crippen LogP contribution in [0.25, 0.3) is 0 Å². The van der Waals surface area contributed by atoms with E-state index < -0.39 is 24.3 Å². The van der Waals surface area contributed by atoms with Crippen molar-refractivity contribution in [1.29, 1.82) is 0 Å². The van der Waals surface area contributed by atoms with Crippen molar-refractivity contribution in [1.82, 2.24) is 10.6 Å². The van der Waals surface area contributed by atoms with Gasteiger partial charge in [0.15, 0.2) is 6.61 Å². The van der Waals surface area contributed by atoms with E-state index in [-0.39, 0.29) is 28.5 Å². The highest BCUT2D eigenvalue weighted by Gasteiger charge is 2.14. The fraction of sp³-hybridized carbons (Fsp3) is 0.357. The van der Waals surface area contributed by atoms with Crippen LogP contribution in [0.5, 0.6) is 0 Å². The maximum atomic E-state index is 12.9. The van der Waals surface area contributed by atoms with E-state index in [9.17, 15) is 18.8 Å². The van der Waals surface area contributed by atoms with Crippen LogP contribution in [0.3, 0.4) is 0 Å². The molecule has 0 aliphatic carbocycles. The first-order chi connectivity index (χ1) is 10.3. The minimum absolute atomic E-state index is 0.0296. The van der Waals surface area contributed by atoms with Crippen LogP contribution in [0.4, 0.5) is 4.39 Å². The van der Waals surface area contributed by atoms with Crippen molar-refractivity contribution >= 4 is 33.7 Å². The smallest absolute Gasteiger partial charge is 0.339 e. The molecule has 1 aromatic carbocycles.